The van der Waals surface area contributed by atoms with Gasteiger partial charge in [-0.05, 0) is 62.1 Å². The third kappa shape index (κ3) is 5.01. The highest BCUT2D eigenvalue weighted by molar-refractivity contribution is 5.92. The third-order valence-electron chi connectivity index (χ3n) is 6.92. The Kier molecular flexibility index (Phi) is 6.49. The molecule has 2 aromatic carbocycles. The molecule has 1 saturated carbocycles. The lowest BCUT2D eigenvalue weighted by Crippen LogP contribution is -2.47. The van der Waals surface area contributed by atoms with Gasteiger partial charge in [0.05, 0.1) is 0 Å². The molecule has 0 spiro atoms. The molecular weight excluding hydrogens is 402 g/mol. The molecule has 32 heavy (non-hydrogen) atoms. The van der Waals surface area contributed by atoms with Gasteiger partial charge < -0.3 is 25.0 Å². The molecule has 5 rings (SSSR count). The highest BCUT2D eigenvalue weighted by Crippen LogP contribution is 2.31. The number of fused-ring (bicyclic) bond motifs is 1. The number of hydrogen-bond acceptors (Lipinski definition) is 5. The zero-order valence-electron chi connectivity index (χ0n) is 18.6. The standard InChI is InChI=1S/C26H33N3O3/c30-26(19-5-1-2-6-19)28-21-9-11-22(12-10-21)29-15-13-20(14-16-29)27-17-23-18-31-24-7-3-4-8-25(24)32-23/h3-4,7-12,19-20,23,27H,1-2,5-6,13-18H2,(H,28,30)/t23-/m1/s1. The van der Waals surface area contributed by atoms with Crippen LogP contribution in [0.2, 0.25) is 0 Å². The van der Waals surface area contributed by atoms with Gasteiger partial charge in [0.25, 0.3) is 0 Å². The summed E-state index contributed by atoms with van der Waals surface area (Å²) in [6.45, 7) is 3.44. The summed E-state index contributed by atoms with van der Waals surface area (Å²) in [5.41, 5.74) is 2.13. The first-order valence-electron chi connectivity index (χ1n) is 12.0. The van der Waals surface area contributed by atoms with Gasteiger partial charge in [-0.25, -0.2) is 0 Å². The van der Waals surface area contributed by atoms with Crippen LogP contribution in [0.5, 0.6) is 11.5 Å². The maximum absolute atomic E-state index is 12.3. The summed E-state index contributed by atoms with van der Waals surface area (Å²) < 4.78 is 11.9. The fourth-order valence-corrected chi connectivity index (χ4v) is 4.99. The first-order chi connectivity index (χ1) is 15.7. The maximum Gasteiger partial charge on any atom is 0.227 e. The molecule has 1 saturated heterocycles. The van der Waals surface area contributed by atoms with E-state index >= 15 is 0 Å². The zero-order valence-corrected chi connectivity index (χ0v) is 18.6. The Balaban J connectivity index is 1.05. The predicted octanol–water partition coefficient (Wildman–Crippen LogP) is 4.21. The Morgan fingerprint density at radius 2 is 1.66 bits per heavy atom. The van der Waals surface area contributed by atoms with Gasteiger partial charge >= 0.3 is 0 Å². The Labute approximate surface area is 190 Å². The molecule has 2 aliphatic heterocycles. The molecule has 0 radical (unpaired) electrons. The topological polar surface area (TPSA) is 62.8 Å². The molecule has 1 amide bonds. The van der Waals surface area contributed by atoms with Crippen LogP contribution in [0.15, 0.2) is 48.5 Å². The summed E-state index contributed by atoms with van der Waals surface area (Å²) in [5, 5.41) is 6.76. The van der Waals surface area contributed by atoms with Crippen LogP contribution in [0.25, 0.3) is 0 Å². The lowest BCUT2D eigenvalue weighted by atomic mass is 10.0. The lowest BCUT2D eigenvalue weighted by Gasteiger charge is -2.35. The highest BCUT2D eigenvalue weighted by atomic mass is 16.6. The van der Waals surface area contributed by atoms with Gasteiger partial charge in [0.15, 0.2) is 11.5 Å². The number of hydrogen-bond donors (Lipinski definition) is 2. The van der Waals surface area contributed by atoms with E-state index in [1.165, 1.54) is 18.5 Å². The van der Waals surface area contributed by atoms with Crippen molar-refractivity contribution in [1.29, 1.82) is 0 Å². The third-order valence-corrected chi connectivity index (χ3v) is 6.92. The average Bonchev–Trinajstić information content (AvgIpc) is 3.39. The number of nitrogens with one attached hydrogen (secondary N) is 2. The van der Waals surface area contributed by atoms with Crippen LogP contribution in [0, 0.1) is 5.92 Å². The number of rotatable bonds is 6. The number of anilines is 2. The van der Waals surface area contributed by atoms with Crippen molar-refractivity contribution in [2.75, 3.05) is 36.5 Å². The van der Waals surface area contributed by atoms with Gasteiger partial charge in [0.1, 0.15) is 12.7 Å². The molecule has 2 fully saturated rings. The van der Waals surface area contributed by atoms with E-state index in [1.54, 1.807) is 0 Å². The normalized spacial score (nSPS) is 21.5. The van der Waals surface area contributed by atoms with Crippen LogP contribution < -0.4 is 25.0 Å². The number of para-hydroxylation sites is 2. The lowest BCUT2D eigenvalue weighted by molar-refractivity contribution is -0.119. The number of piperidine rings is 1. The molecule has 1 aliphatic carbocycles. The van der Waals surface area contributed by atoms with Crippen LogP contribution in [0.1, 0.15) is 38.5 Å². The zero-order chi connectivity index (χ0) is 21.8. The first-order valence-corrected chi connectivity index (χ1v) is 12.0. The van der Waals surface area contributed by atoms with Crippen LogP contribution in [0.3, 0.4) is 0 Å². The van der Waals surface area contributed by atoms with E-state index in [1.807, 2.05) is 36.4 Å². The van der Waals surface area contributed by atoms with E-state index in [-0.39, 0.29) is 17.9 Å². The minimum Gasteiger partial charge on any atom is -0.486 e. The van der Waals surface area contributed by atoms with Crippen molar-refractivity contribution in [1.82, 2.24) is 5.32 Å². The van der Waals surface area contributed by atoms with Crippen molar-refractivity contribution in [2.45, 2.75) is 50.7 Å². The van der Waals surface area contributed by atoms with E-state index in [0.717, 1.165) is 62.5 Å². The Morgan fingerprint density at radius 1 is 0.938 bits per heavy atom. The number of carbonyl (C=O) groups is 1. The molecule has 0 unspecified atom stereocenters. The maximum atomic E-state index is 12.3. The highest BCUT2D eigenvalue weighted by Gasteiger charge is 2.25. The van der Waals surface area contributed by atoms with E-state index in [4.69, 9.17) is 9.47 Å². The first kappa shape index (κ1) is 21.1. The van der Waals surface area contributed by atoms with Gasteiger partial charge in [-0.3, -0.25) is 4.79 Å². The summed E-state index contributed by atoms with van der Waals surface area (Å²) in [6, 6.07) is 16.7. The van der Waals surface area contributed by atoms with Crippen LogP contribution in [-0.4, -0.2) is 44.3 Å². The predicted molar refractivity (Wildman–Crippen MR) is 127 cm³/mol. The second kappa shape index (κ2) is 9.82. The minimum atomic E-state index is 0.0508. The van der Waals surface area contributed by atoms with E-state index in [0.29, 0.717) is 12.6 Å². The molecule has 6 heteroatoms. The molecule has 170 valence electrons. The Bertz CT molecular complexity index is 903. The molecule has 2 aromatic rings. The monoisotopic (exact) mass is 435 g/mol. The molecule has 0 aromatic heterocycles. The second-order valence-electron chi connectivity index (χ2n) is 9.18. The minimum absolute atomic E-state index is 0.0508. The average molecular weight is 436 g/mol. The fraction of sp³-hybridized carbons (Fsp3) is 0.500. The Hall–Kier alpha value is -2.73. The summed E-state index contributed by atoms with van der Waals surface area (Å²) in [4.78, 5) is 14.8. The molecule has 6 nitrogen and oxygen atoms in total. The van der Waals surface area contributed by atoms with Crippen molar-refractivity contribution < 1.29 is 14.3 Å². The summed E-state index contributed by atoms with van der Waals surface area (Å²) >= 11 is 0. The summed E-state index contributed by atoms with van der Waals surface area (Å²) in [6.07, 6.45) is 6.67. The molecule has 2 N–H and O–H groups in total. The van der Waals surface area contributed by atoms with Gasteiger partial charge in [-0.2, -0.15) is 0 Å². The summed E-state index contributed by atoms with van der Waals surface area (Å²) in [7, 11) is 0. The van der Waals surface area contributed by atoms with Crippen LogP contribution in [0.4, 0.5) is 11.4 Å². The second-order valence-corrected chi connectivity index (χ2v) is 9.18. The number of carbonyl (C=O) groups excluding carboxylic acids is 1. The number of nitrogens with zero attached hydrogens (tertiary/aromatic N) is 1. The summed E-state index contributed by atoms with van der Waals surface area (Å²) in [5.74, 6) is 2.05. The SMILES string of the molecule is O=C(Nc1ccc(N2CCC(NC[C@@H]3COc4ccccc4O3)CC2)cc1)C1CCCC1. The largest absolute Gasteiger partial charge is 0.486 e. The Morgan fingerprint density at radius 3 is 2.41 bits per heavy atom. The van der Waals surface area contributed by atoms with E-state index in [9.17, 15) is 4.79 Å². The molecule has 1 atom stereocenters. The van der Waals surface area contributed by atoms with E-state index in [2.05, 4.69) is 27.7 Å². The van der Waals surface area contributed by atoms with Crippen molar-refractivity contribution in [3.8, 4) is 11.5 Å². The number of benzene rings is 2. The molecule has 2 heterocycles. The smallest absolute Gasteiger partial charge is 0.227 e. The van der Waals surface area contributed by atoms with Gasteiger partial charge in [-0.1, -0.05) is 25.0 Å². The fourth-order valence-electron chi connectivity index (χ4n) is 4.99. The van der Waals surface area contributed by atoms with Gasteiger partial charge in [0.2, 0.25) is 5.91 Å². The van der Waals surface area contributed by atoms with Crippen molar-refractivity contribution in [3.05, 3.63) is 48.5 Å². The molecular formula is C26H33N3O3. The van der Waals surface area contributed by atoms with Crippen molar-refractivity contribution >= 4 is 17.3 Å². The van der Waals surface area contributed by atoms with Gasteiger partial charge in [-0.15, -0.1) is 0 Å². The van der Waals surface area contributed by atoms with Crippen molar-refractivity contribution in [3.63, 3.8) is 0 Å². The van der Waals surface area contributed by atoms with Crippen molar-refractivity contribution in [2.24, 2.45) is 5.92 Å². The van der Waals surface area contributed by atoms with Gasteiger partial charge in [0, 0.05) is 43.0 Å². The van der Waals surface area contributed by atoms with Crippen LogP contribution in [-0.2, 0) is 4.79 Å². The quantitative estimate of drug-likeness (QED) is 0.712. The molecule has 0 bridgehead atoms. The number of amides is 1. The van der Waals surface area contributed by atoms with Crippen LogP contribution >= 0.6 is 0 Å². The van der Waals surface area contributed by atoms with E-state index < -0.39 is 0 Å². The molecule has 3 aliphatic rings. The number of ether oxygens (including phenoxy) is 2.